The van der Waals surface area contributed by atoms with E-state index in [9.17, 15) is 0 Å². The van der Waals surface area contributed by atoms with Crippen molar-refractivity contribution in [3.05, 3.63) is 70.8 Å². The van der Waals surface area contributed by atoms with Gasteiger partial charge in [-0.25, -0.2) is 0 Å². The van der Waals surface area contributed by atoms with Crippen LogP contribution in [0.25, 0.3) is 0 Å². The molecule has 2 aromatic carbocycles. The maximum Gasteiger partial charge on any atom is 0.0540 e. The maximum atomic E-state index is 8.80. The van der Waals surface area contributed by atoms with Gasteiger partial charge in [-0.1, -0.05) is 59.9 Å². The van der Waals surface area contributed by atoms with Crippen LogP contribution in [0.2, 0.25) is 0 Å². The van der Waals surface area contributed by atoms with Gasteiger partial charge in [0.2, 0.25) is 0 Å². The van der Waals surface area contributed by atoms with E-state index in [0.717, 1.165) is 17.1 Å². The third-order valence-corrected chi connectivity index (χ3v) is 4.14. The first-order valence-electron chi connectivity index (χ1n) is 7.10. The standard InChI is InChI=1S/C19H20OS/c1-16-7-6-8-17(13-16)14-21-15-19-11-3-2-9-18(19)10-4-5-12-20/h2-3,6-9,11,13,20H,5,12,14-15H2,1H3. The third kappa shape index (κ3) is 5.30. The zero-order valence-electron chi connectivity index (χ0n) is 12.3. The lowest BCUT2D eigenvalue weighted by Gasteiger charge is -2.05. The molecule has 0 fully saturated rings. The fourth-order valence-electron chi connectivity index (χ4n) is 2.06. The topological polar surface area (TPSA) is 20.2 Å². The van der Waals surface area contributed by atoms with E-state index in [1.54, 1.807) is 0 Å². The summed E-state index contributed by atoms with van der Waals surface area (Å²) in [6, 6.07) is 16.9. The van der Waals surface area contributed by atoms with Gasteiger partial charge in [-0.05, 0) is 24.1 Å². The highest BCUT2D eigenvalue weighted by Crippen LogP contribution is 2.20. The average molecular weight is 296 g/mol. The molecule has 0 aromatic heterocycles. The molecule has 0 unspecified atom stereocenters. The Hall–Kier alpha value is -1.69. The SMILES string of the molecule is Cc1cccc(CSCc2ccccc2C#CCCO)c1. The van der Waals surface area contributed by atoms with Crippen molar-refractivity contribution in [2.75, 3.05) is 6.61 Å². The van der Waals surface area contributed by atoms with Crippen LogP contribution in [0.1, 0.15) is 28.7 Å². The van der Waals surface area contributed by atoms with Gasteiger partial charge in [0.15, 0.2) is 0 Å². The van der Waals surface area contributed by atoms with Crippen LogP contribution in [0.15, 0.2) is 48.5 Å². The number of hydrogen-bond acceptors (Lipinski definition) is 2. The molecular weight excluding hydrogens is 276 g/mol. The monoisotopic (exact) mass is 296 g/mol. The second kappa shape index (κ2) is 8.56. The summed E-state index contributed by atoms with van der Waals surface area (Å²) in [7, 11) is 0. The summed E-state index contributed by atoms with van der Waals surface area (Å²) >= 11 is 1.90. The zero-order chi connectivity index (χ0) is 14.9. The Kier molecular flexibility index (Phi) is 6.40. The number of aliphatic hydroxyl groups is 1. The molecule has 0 radical (unpaired) electrons. The van der Waals surface area contributed by atoms with Crippen molar-refractivity contribution < 1.29 is 5.11 Å². The largest absolute Gasteiger partial charge is 0.395 e. The number of aryl methyl sites for hydroxylation is 1. The van der Waals surface area contributed by atoms with E-state index in [1.165, 1.54) is 16.7 Å². The number of hydrogen-bond donors (Lipinski definition) is 1. The van der Waals surface area contributed by atoms with Crippen LogP contribution in [0.4, 0.5) is 0 Å². The van der Waals surface area contributed by atoms with Gasteiger partial charge in [0.1, 0.15) is 0 Å². The molecule has 21 heavy (non-hydrogen) atoms. The third-order valence-electron chi connectivity index (χ3n) is 3.09. The van der Waals surface area contributed by atoms with E-state index in [-0.39, 0.29) is 6.61 Å². The van der Waals surface area contributed by atoms with Gasteiger partial charge in [0.25, 0.3) is 0 Å². The molecule has 2 heteroatoms. The normalized spacial score (nSPS) is 10.0. The number of benzene rings is 2. The van der Waals surface area contributed by atoms with Gasteiger partial charge < -0.3 is 5.11 Å². The minimum atomic E-state index is 0.122. The Morgan fingerprint density at radius 1 is 1.05 bits per heavy atom. The Bertz CT molecular complexity index is 637. The van der Waals surface area contributed by atoms with Crippen LogP contribution in [0.3, 0.4) is 0 Å². The Balaban J connectivity index is 1.96. The summed E-state index contributed by atoms with van der Waals surface area (Å²) in [6.45, 7) is 2.25. The second-order valence-corrected chi connectivity index (χ2v) is 5.90. The van der Waals surface area contributed by atoms with Crippen LogP contribution in [-0.4, -0.2) is 11.7 Å². The van der Waals surface area contributed by atoms with Gasteiger partial charge >= 0.3 is 0 Å². The smallest absolute Gasteiger partial charge is 0.0540 e. The van der Waals surface area contributed by atoms with Gasteiger partial charge in [-0.3, -0.25) is 0 Å². The average Bonchev–Trinajstić information content (AvgIpc) is 2.49. The van der Waals surface area contributed by atoms with Gasteiger partial charge in [-0.15, -0.1) is 0 Å². The fraction of sp³-hybridized carbons (Fsp3) is 0.263. The van der Waals surface area contributed by atoms with E-state index >= 15 is 0 Å². The summed E-state index contributed by atoms with van der Waals surface area (Å²) in [5, 5.41) is 8.80. The van der Waals surface area contributed by atoms with Crippen LogP contribution >= 0.6 is 11.8 Å². The highest BCUT2D eigenvalue weighted by molar-refractivity contribution is 7.97. The van der Waals surface area contributed by atoms with Gasteiger partial charge in [-0.2, -0.15) is 11.8 Å². The molecule has 108 valence electrons. The molecule has 0 aliphatic heterocycles. The van der Waals surface area contributed by atoms with Crippen molar-refractivity contribution in [1.29, 1.82) is 0 Å². The van der Waals surface area contributed by atoms with Crippen molar-refractivity contribution in [2.45, 2.75) is 24.9 Å². The van der Waals surface area contributed by atoms with Gasteiger partial charge in [0, 0.05) is 23.5 Å². The predicted octanol–water partition coefficient (Wildman–Crippen LogP) is 4.16. The number of thioether (sulfide) groups is 1. The molecule has 0 amide bonds. The van der Waals surface area contributed by atoms with Crippen LogP contribution in [0, 0.1) is 18.8 Å². The first kappa shape index (κ1) is 15.7. The lowest BCUT2D eigenvalue weighted by Crippen LogP contribution is -1.89. The molecule has 0 bridgehead atoms. The molecule has 0 atom stereocenters. The Morgan fingerprint density at radius 2 is 1.90 bits per heavy atom. The van der Waals surface area contributed by atoms with Crippen molar-refractivity contribution in [1.82, 2.24) is 0 Å². The molecule has 0 heterocycles. The molecule has 0 saturated heterocycles. The number of aliphatic hydroxyl groups excluding tert-OH is 1. The lowest BCUT2D eigenvalue weighted by molar-refractivity contribution is 0.305. The maximum absolute atomic E-state index is 8.80. The van der Waals surface area contributed by atoms with Gasteiger partial charge in [0.05, 0.1) is 6.61 Å². The van der Waals surface area contributed by atoms with Crippen LogP contribution in [-0.2, 0) is 11.5 Å². The van der Waals surface area contributed by atoms with Crippen molar-refractivity contribution in [2.24, 2.45) is 0 Å². The Morgan fingerprint density at radius 3 is 2.71 bits per heavy atom. The van der Waals surface area contributed by atoms with Crippen molar-refractivity contribution >= 4 is 11.8 Å². The van der Waals surface area contributed by atoms with Crippen molar-refractivity contribution in [3.63, 3.8) is 0 Å². The van der Waals surface area contributed by atoms with E-state index in [2.05, 4.69) is 55.2 Å². The molecule has 0 spiro atoms. The predicted molar refractivity (Wildman–Crippen MR) is 91.2 cm³/mol. The quantitative estimate of drug-likeness (QED) is 0.836. The molecule has 0 aliphatic carbocycles. The second-order valence-electron chi connectivity index (χ2n) is 4.91. The van der Waals surface area contributed by atoms with Crippen molar-refractivity contribution in [3.8, 4) is 11.8 Å². The van der Waals surface area contributed by atoms with E-state index in [0.29, 0.717) is 6.42 Å². The van der Waals surface area contributed by atoms with Crippen LogP contribution in [0.5, 0.6) is 0 Å². The van der Waals surface area contributed by atoms with E-state index < -0.39 is 0 Å². The molecule has 2 rings (SSSR count). The molecule has 2 aromatic rings. The molecule has 0 saturated carbocycles. The molecule has 1 N–H and O–H groups in total. The zero-order valence-corrected chi connectivity index (χ0v) is 13.1. The van der Waals surface area contributed by atoms with E-state index in [1.807, 2.05) is 23.9 Å². The first-order valence-corrected chi connectivity index (χ1v) is 8.26. The highest BCUT2D eigenvalue weighted by atomic mass is 32.2. The highest BCUT2D eigenvalue weighted by Gasteiger charge is 2.00. The lowest BCUT2D eigenvalue weighted by atomic mass is 10.1. The fourth-order valence-corrected chi connectivity index (χ4v) is 3.05. The summed E-state index contributed by atoms with van der Waals surface area (Å²) in [6.07, 6.45) is 0.533. The Labute approximate surface area is 131 Å². The summed E-state index contributed by atoms with van der Waals surface area (Å²) in [4.78, 5) is 0. The first-order chi connectivity index (χ1) is 10.3. The molecular formula is C19H20OS. The van der Waals surface area contributed by atoms with E-state index in [4.69, 9.17) is 5.11 Å². The summed E-state index contributed by atoms with van der Waals surface area (Å²) in [5.74, 6) is 8.12. The summed E-state index contributed by atoms with van der Waals surface area (Å²) < 4.78 is 0. The minimum Gasteiger partial charge on any atom is -0.395 e. The summed E-state index contributed by atoms with van der Waals surface area (Å²) in [5.41, 5.74) is 5.01. The van der Waals surface area contributed by atoms with Crippen LogP contribution < -0.4 is 0 Å². The molecule has 0 aliphatic rings. The minimum absolute atomic E-state index is 0.122. The number of rotatable bonds is 5. The molecule has 1 nitrogen and oxygen atoms in total.